The second-order valence-electron chi connectivity index (χ2n) is 7.62. The van der Waals surface area contributed by atoms with Gasteiger partial charge in [0, 0.05) is 57.6 Å². The van der Waals surface area contributed by atoms with Crippen LogP contribution in [-0.2, 0) is 42.1 Å². The number of aryl methyl sites for hydroxylation is 1. The van der Waals surface area contributed by atoms with Gasteiger partial charge in [0.15, 0.2) is 11.8 Å². The fourth-order valence-corrected chi connectivity index (χ4v) is 4.85. The molecule has 1 atom stereocenters. The van der Waals surface area contributed by atoms with Crippen molar-refractivity contribution in [1.82, 2.24) is 30.3 Å². The van der Waals surface area contributed by atoms with Gasteiger partial charge in [0.1, 0.15) is 12.4 Å². The molecular formula is C20H29N7O2S. The molecule has 30 heavy (non-hydrogen) atoms. The van der Waals surface area contributed by atoms with Gasteiger partial charge in [-0.05, 0) is 29.9 Å². The predicted molar refractivity (Wildman–Crippen MR) is 115 cm³/mol. The van der Waals surface area contributed by atoms with Crippen LogP contribution in [0.2, 0.25) is 0 Å². The van der Waals surface area contributed by atoms with Crippen LogP contribution in [0.4, 0.5) is 0 Å². The van der Waals surface area contributed by atoms with E-state index in [1.165, 1.54) is 10.4 Å². The number of aromatic nitrogens is 3. The van der Waals surface area contributed by atoms with Crippen molar-refractivity contribution in [3.63, 3.8) is 0 Å². The molecule has 0 saturated heterocycles. The van der Waals surface area contributed by atoms with Gasteiger partial charge in [0.2, 0.25) is 5.91 Å². The molecule has 162 valence electrons. The van der Waals surface area contributed by atoms with E-state index in [1.54, 1.807) is 25.5 Å². The van der Waals surface area contributed by atoms with Crippen LogP contribution in [0.5, 0.6) is 0 Å². The maximum absolute atomic E-state index is 12.6. The highest BCUT2D eigenvalue weighted by Crippen LogP contribution is 2.24. The second-order valence-corrected chi connectivity index (χ2v) is 8.62. The second kappa shape index (κ2) is 9.57. The van der Waals surface area contributed by atoms with E-state index >= 15 is 0 Å². The maximum Gasteiger partial charge on any atom is 0.224 e. The van der Waals surface area contributed by atoms with Crippen molar-refractivity contribution in [3.05, 3.63) is 33.5 Å². The lowest BCUT2D eigenvalue weighted by molar-refractivity contribution is -0.131. The Morgan fingerprint density at radius 2 is 2.33 bits per heavy atom. The molecule has 2 N–H and O–H groups in total. The number of nitrogens with zero attached hydrogens (tertiary/aromatic N) is 5. The summed E-state index contributed by atoms with van der Waals surface area (Å²) in [6.45, 7) is 3.28. The Balaban J connectivity index is 1.22. The van der Waals surface area contributed by atoms with Crippen LogP contribution in [0, 0.1) is 0 Å². The largest absolute Gasteiger partial charge is 0.377 e. The molecule has 0 saturated carbocycles. The molecule has 0 aliphatic carbocycles. The first kappa shape index (κ1) is 20.8. The number of methoxy groups -OCH3 is 1. The monoisotopic (exact) mass is 431 g/mol. The minimum absolute atomic E-state index is 0.186. The third-order valence-electron chi connectivity index (χ3n) is 5.53. The lowest BCUT2D eigenvalue weighted by atomic mass is 10.1. The van der Waals surface area contributed by atoms with E-state index in [-0.39, 0.29) is 11.9 Å². The molecule has 2 aromatic rings. The smallest absolute Gasteiger partial charge is 0.224 e. The number of hydrogen-bond acceptors (Lipinski definition) is 6. The van der Waals surface area contributed by atoms with E-state index in [9.17, 15) is 4.79 Å². The number of guanidine groups is 1. The van der Waals surface area contributed by atoms with Crippen molar-refractivity contribution >= 4 is 23.2 Å². The summed E-state index contributed by atoms with van der Waals surface area (Å²) in [5.74, 6) is 2.63. The van der Waals surface area contributed by atoms with Crippen LogP contribution in [-0.4, -0.2) is 64.8 Å². The highest BCUT2D eigenvalue weighted by atomic mass is 32.1. The van der Waals surface area contributed by atoms with Crippen LogP contribution in [0.1, 0.15) is 34.9 Å². The van der Waals surface area contributed by atoms with Crippen LogP contribution in [0.3, 0.4) is 0 Å². The zero-order valence-corrected chi connectivity index (χ0v) is 18.4. The first-order chi connectivity index (χ1) is 14.7. The molecule has 1 amide bonds. The van der Waals surface area contributed by atoms with E-state index in [2.05, 4.69) is 37.2 Å². The van der Waals surface area contributed by atoms with Crippen LogP contribution < -0.4 is 10.6 Å². The van der Waals surface area contributed by atoms with E-state index < -0.39 is 0 Å². The summed E-state index contributed by atoms with van der Waals surface area (Å²) in [7, 11) is 3.40. The zero-order chi connectivity index (χ0) is 20.9. The quantitative estimate of drug-likeness (QED) is 0.522. The fourth-order valence-electron chi connectivity index (χ4n) is 3.96. The number of fused-ring (bicyclic) bond motifs is 2. The molecule has 0 radical (unpaired) electrons. The highest BCUT2D eigenvalue weighted by molar-refractivity contribution is 7.10. The Morgan fingerprint density at radius 3 is 3.17 bits per heavy atom. The summed E-state index contributed by atoms with van der Waals surface area (Å²) in [4.78, 5) is 24.8. The van der Waals surface area contributed by atoms with Crippen LogP contribution in [0.25, 0.3) is 0 Å². The van der Waals surface area contributed by atoms with Crippen molar-refractivity contribution in [2.75, 3.05) is 27.2 Å². The molecule has 2 aromatic heterocycles. The van der Waals surface area contributed by atoms with Crippen molar-refractivity contribution in [2.45, 2.75) is 51.4 Å². The minimum atomic E-state index is 0.186. The molecule has 2 aliphatic heterocycles. The molecule has 2 aliphatic rings. The first-order valence-electron chi connectivity index (χ1n) is 10.4. The van der Waals surface area contributed by atoms with Crippen LogP contribution in [0.15, 0.2) is 16.4 Å². The Labute approximate surface area is 180 Å². The van der Waals surface area contributed by atoms with E-state index in [0.29, 0.717) is 25.5 Å². The number of thiophene rings is 1. The average Bonchev–Trinajstić information content (AvgIpc) is 3.38. The highest BCUT2D eigenvalue weighted by Gasteiger charge is 2.23. The summed E-state index contributed by atoms with van der Waals surface area (Å²) >= 11 is 1.79. The molecule has 4 rings (SSSR count). The number of ether oxygens (including phenoxy) is 1. The Morgan fingerprint density at radius 1 is 1.43 bits per heavy atom. The van der Waals surface area contributed by atoms with Crippen molar-refractivity contribution in [1.29, 1.82) is 0 Å². The number of nitrogens with one attached hydrogen (secondary N) is 2. The maximum atomic E-state index is 12.6. The number of hydrogen-bond donors (Lipinski definition) is 2. The van der Waals surface area contributed by atoms with E-state index in [1.807, 2.05) is 9.58 Å². The fraction of sp³-hybridized carbons (Fsp3) is 0.600. The topological polar surface area (TPSA) is 96.7 Å². The molecule has 0 bridgehead atoms. The van der Waals surface area contributed by atoms with Crippen molar-refractivity contribution in [2.24, 2.45) is 4.99 Å². The van der Waals surface area contributed by atoms with Gasteiger partial charge in [-0.1, -0.05) is 0 Å². The molecular weight excluding hydrogens is 402 g/mol. The summed E-state index contributed by atoms with van der Waals surface area (Å²) in [6.07, 6.45) is 3.25. The van der Waals surface area contributed by atoms with Crippen LogP contribution >= 0.6 is 11.3 Å². The average molecular weight is 432 g/mol. The number of aliphatic imine (C=N–C) groups is 1. The normalized spacial score (nSPS) is 18.7. The van der Waals surface area contributed by atoms with Gasteiger partial charge in [-0.3, -0.25) is 9.79 Å². The van der Waals surface area contributed by atoms with Gasteiger partial charge < -0.3 is 20.3 Å². The standard InChI is InChI=1S/C20H29N7O2S/c1-21-20(23-15-3-4-18-24-17(13-29-2)25-27(18)12-15)22-8-5-19(28)26-9-6-16-14(11-26)7-10-30-16/h7,10,15H,3-6,8-9,11-13H2,1-2H3,(H2,21,22,23). The van der Waals surface area contributed by atoms with Gasteiger partial charge in [-0.2, -0.15) is 5.10 Å². The van der Waals surface area contributed by atoms with Gasteiger partial charge in [-0.15, -0.1) is 11.3 Å². The first-order valence-corrected chi connectivity index (χ1v) is 11.3. The SMILES string of the molecule is CN=C(NCCC(=O)N1CCc2sccc2C1)NC1CCc2nc(COC)nn2C1. The van der Waals surface area contributed by atoms with Gasteiger partial charge in [-0.25, -0.2) is 9.67 Å². The number of carbonyl (C=O) groups excluding carboxylic acids is 1. The Hall–Kier alpha value is -2.46. The van der Waals surface area contributed by atoms with Crippen molar-refractivity contribution < 1.29 is 9.53 Å². The van der Waals surface area contributed by atoms with Crippen molar-refractivity contribution in [3.8, 4) is 0 Å². The molecule has 10 heteroatoms. The molecule has 9 nitrogen and oxygen atoms in total. The predicted octanol–water partition coefficient (Wildman–Crippen LogP) is 0.941. The third-order valence-corrected chi connectivity index (χ3v) is 6.55. The zero-order valence-electron chi connectivity index (χ0n) is 17.6. The molecule has 1 unspecified atom stereocenters. The molecule has 0 aromatic carbocycles. The minimum Gasteiger partial charge on any atom is -0.377 e. The van der Waals surface area contributed by atoms with Gasteiger partial charge in [0.25, 0.3) is 0 Å². The van der Waals surface area contributed by atoms with E-state index in [4.69, 9.17) is 4.74 Å². The number of carbonyl (C=O) groups is 1. The number of rotatable bonds is 6. The summed E-state index contributed by atoms with van der Waals surface area (Å²) in [5, 5.41) is 13.3. The van der Waals surface area contributed by atoms with Gasteiger partial charge >= 0.3 is 0 Å². The molecule has 0 fully saturated rings. The third kappa shape index (κ3) is 4.81. The molecule has 4 heterocycles. The molecule has 0 spiro atoms. The summed E-state index contributed by atoms with van der Waals surface area (Å²) in [6, 6.07) is 2.35. The number of amides is 1. The summed E-state index contributed by atoms with van der Waals surface area (Å²) < 4.78 is 7.07. The Bertz CT molecular complexity index is 907. The van der Waals surface area contributed by atoms with Gasteiger partial charge in [0.05, 0.1) is 6.54 Å². The lowest BCUT2D eigenvalue weighted by Gasteiger charge is -2.27. The summed E-state index contributed by atoms with van der Waals surface area (Å²) in [5.41, 5.74) is 1.29. The Kier molecular flexibility index (Phi) is 6.63. The van der Waals surface area contributed by atoms with E-state index in [0.717, 1.165) is 50.5 Å². The lowest BCUT2D eigenvalue weighted by Crippen LogP contribution is -2.47.